The van der Waals surface area contributed by atoms with Crippen LogP contribution < -0.4 is 5.32 Å². The third kappa shape index (κ3) is 4.70. The van der Waals surface area contributed by atoms with Gasteiger partial charge in [-0.1, -0.05) is 47.2 Å². The fourth-order valence-corrected chi connectivity index (χ4v) is 6.18. The van der Waals surface area contributed by atoms with Gasteiger partial charge in [0.15, 0.2) is 5.13 Å². The van der Waals surface area contributed by atoms with Crippen molar-refractivity contribution < 1.29 is 8.42 Å². The molecule has 1 aromatic heterocycles. The molecule has 0 bridgehead atoms. The normalized spacial score (nSPS) is 15.9. The third-order valence-electron chi connectivity index (χ3n) is 5.48. The maximum Gasteiger partial charge on any atom is 0.243 e. The Morgan fingerprint density at radius 2 is 1.83 bits per heavy atom. The SMILES string of the molecule is Cc1ccccc1-c1cnc(NCC2CCN(S(=O)(=O)c3ccc(Cl)cc3)CC2)s1. The molecule has 2 aromatic carbocycles. The van der Waals surface area contributed by atoms with Gasteiger partial charge in [0, 0.05) is 30.9 Å². The fourth-order valence-electron chi connectivity index (χ4n) is 3.67. The Hall–Kier alpha value is -1.93. The molecule has 1 fully saturated rings. The van der Waals surface area contributed by atoms with Crippen LogP contribution >= 0.6 is 22.9 Å². The van der Waals surface area contributed by atoms with Crippen molar-refractivity contribution in [2.75, 3.05) is 25.0 Å². The third-order valence-corrected chi connectivity index (χ3v) is 8.64. The first-order valence-corrected chi connectivity index (χ1v) is 12.6. The van der Waals surface area contributed by atoms with E-state index >= 15 is 0 Å². The number of aromatic nitrogens is 1. The van der Waals surface area contributed by atoms with Crippen molar-refractivity contribution in [2.24, 2.45) is 5.92 Å². The van der Waals surface area contributed by atoms with Crippen LogP contribution in [0.15, 0.2) is 59.6 Å². The molecule has 1 aliphatic heterocycles. The Morgan fingerprint density at radius 3 is 2.53 bits per heavy atom. The van der Waals surface area contributed by atoms with E-state index in [2.05, 4.69) is 29.4 Å². The highest BCUT2D eigenvalue weighted by molar-refractivity contribution is 7.89. The van der Waals surface area contributed by atoms with Crippen LogP contribution in [0.3, 0.4) is 0 Å². The van der Waals surface area contributed by atoms with E-state index in [1.807, 2.05) is 18.3 Å². The van der Waals surface area contributed by atoms with Crippen molar-refractivity contribution >= 4 is 38.1 Å². The van der Waals surface area contributed by atoms with E-state index in [0.29, 0.717) is 28.9 Å². The highest BCUT2D eigenvalue weighted by atomic mass is 35.5. The van der Waals surface area contributed by atoms with E-state index in [0.717, 1.165) is 29.4 Å². The van der Waals surface area contributed by atoms with Crippen LogP contribution in [0.25, 0.3) is 10.4 Å². The van der Waals surface area contributed by atoms with Crippen molar-refractivity contribution in [1.29, 1.82) is 0 Å². The standard InChI is InChI=1S/C22H24ClN3O2S2/c1-16-4-2-3-5-20(16)21-15-25-22(29-21)24-14-17-10-12-26(13-11-17)30(27,28)19-8-6-18(23)7-9-19/h2-9,15,17H,10-14H2,1H3,(H,24,25). The lowest BCUT2D eigenvalue weighted by Gasteiger charge is -2.31. The number of nitrogens with zero attached hydrogens (tertiary/aromatic N) is 2. The monoisotopic (exact) mass is 461 g/mol. The molecule has 0 spiro atoms. The number of rotatable bonds is 6. The fraction of sp³-hybridized carbons (Fsp3) is 0.318. The second-order valence-electron chi connectivity index (χ2n) is 7.53. The molecule has 0 unspecified atom stereocenters. The Morgan fingerprint density at radius 1 is 1.13 bits per heavy atom. The van der Waals surface area contributed by atoms with Gasteiger partial charge in [-0.25, -0.2) is 13.4 Å². The van der Waals surface area contributed by atoms with Crippen molar-refractivity contribution in [3.05, 3.63) is 65.3 Å². The molecule has 1 saturated heterocycles. The summed E-state index contributed by atoms with van der Waals surface area (Å²) < 4.78 is 27.2. The number of aryl methyl sites for hydroxylation is 1. The zero-order chi connectivity index (χ0) is 21.1. The molecule has 5 nitrogen and oxygen atoms in total. The zero-order valence-electron chi connectivity index (χ0n) is 16.7. The summed E-state index contributed by atoms with van der Waals surface area (Å²) >= 11 is 7.53. The first kappa shape index (κ1) is 21.3. The van der Waals surface area contributed by atoms with Crippen LogP contribution in [-0.2, 0) is 10.0 Å². The molecule has 8 heteroatoms. The maximum atomic E-state index is 12.8. The first-order chi connectivity index (χ1) is 14.4. The number of hydrogen-bond donors (Lipinski definition) is 1. The summed E-state index contributed by atoms with van der Waals surface area (Å²) in [5.41, 5.74) is 2.45. The highest BCUT2D eigenvalue weighted by Gasteiger charge is 2.29. The summed E-state index contributed by atoms with van der Waals surface area (Å²) in [5.74, 6) is 0.424. The van der Waals surface area contributed by atoms with E-state index in [1.54, 1.807) is 39.9 Å². The van der Waals surface area contributed by atoms with Crippen LogP contribution in [-0.4, -0.2) is 37.3 Å². The van der Waals surface area contributed by atoms with Gasteiger partial charge in [-0.05, 0) is 61.1 Å². The Balaban J connectivity index is 1.31. The van der Waals surface area contributed by atoms with Crippen LogP contribution in [0.1, 0.15) is 18.4 Å². The van der Waals surface area contributed by atoms with Gasteiger partial charge in [-0.2, -0.15) is 4.31 Å². The van der Waals surface area contributed by atoms with Crippen LogP contribution in [0.5, 0.6) is 0 Å². The summed E-state index contributed by atoms with van der Waals surface area (Å²) in [5, 5.41) is 4.88. The van der Waals surface area contributed by atoms with Gasteiger partial charge in [0.2, 0.25) is 10.0 Å². The number of halogens is 1. The molecule has 30 heavy (non-hydrogen) atoms. The maximum absolute atomic E-state index is 12.8. The van der Waals surface area contributed by atoms with Gasteiger partial charge in [-0.15, -0.1) is 0 Å². The molecule has 1 aliphatic rings. The molecule has 158 valence electrons. The van der Waals surface area contributed by atoms with Crippen LogP contribution in [0.4, 0.5) is 5.13 Å². The molecule has 3 aromatic rings. The summed E-state index contributed by atoms with van der Waals surface area (Å²) in [4.78, 5) is 5.96. The second kappa shape index (κ2) is 9.06. The van der Waals surface area contributed by atoms with Gasteiger partial charge in [-0.3, -0.25) is 0 Å². The smallest absolute Gasteiger partial charge is 0.243 e. The minimum atomic E-state index is -3.46. The highest BCUT2D eigenvalue weighted by Crippen LogP contribution is 2.31. The minimum absolute atomic E-state index is 0.301. The van der Waals surface area contributed by atoms with Gasteiger partial charge >= 0.3 is 0 Å². The number of nitrogens with one attached hydrogen (secondary N) is 1. The average molecular weight is 462 g/mol. The van der Waals surface area contributed by atoms with Gasteiger partial charge < -0.3 is 5.32 Å². The van der Waals surface area contributed by atoms with E-state index in [4.69, 9.17) is 11.6 Å². The molecular formula is C22H24ClN3O2S2. The predicted molar refractivity (Wildman–Crippen MR) is 124 cm³/mol. The lowest BCUT2D eigenvalue weighted by molar-refractivity contribution is 0.282. The topological polar surface area (TPSA) is 62.3 Å². The Bertz CT molecular complexity index is 1110. The van der Waals surface area contributed by atoms with E-state index in [1.165, 1.54) is 11.1 Å². The molecular weight excluding hydrogens is 438 g/mol. The number of hydrogen-bond acceptors (Lipinski definition) is 5. The molecule has 0 atom stereocenters. The summed E-state index contributed by atoms with van der Waals surface area (Å²) in [6.07, 6.45) is 3.57. The predicted octanol–water partition coefficient (Wildman–Crippen LogP) is 5.28. The Labute approximate surface area is 186 Å². The first-order valence-electron chi connectivity index (χ1n) is 9.95. The number of anilines is 1. The van der Waals surface area contributed by atoms with Crippen molar-refractivity contribution in [2.45, 2.75) is 24.7 Å². The van der Waals surface area contributed by atoms with Crippen molar-refractivity contribution in [3.63, 3.8) is 0 Å². The lowest BCUT2D eigenvalue weighted by Crippen LogP contribution is -2.39. The summed E-state index contributed by atoms with van der Waals surface area (Å²) in [7, 11) is -3.46. The number of benzene rings is 2. The molecule has 0 amide bonds. The molecule has 0 radical (unpaired) electrons. The van der Waals surface area contributed by atoms with Crippen molar-refractivity contribution in [1.82, 2.24) is 9.29 Å². The van der Waals surface area contributed by atoms with Crippen LogP contribution in [0.2, 0.25) is 5.02 Å². The Kier molecular flexibility index (Phi) is 6.43. The minimum Gasteiger partial charge on any atom is -0.361 e. The van der Waals surface area contributed by atoms with E-state index in [9.17, 15) is 8.42 Å². The molecule has 2 heterocycles. The van der Waals surface area contributed by atoms with Gasteiger partial charge in [0.25, 0.3) is 0 Å². The largest absolute Gasteiger partial charge is 0.361 e. The zero-order valence-corrected chi connectivity index (χ0v) is 19.1. The number of thiazole rings is 1. The van der Waals surface area contributed by atoms with Crippen LogP contribution in [0, 0.1) is 12.8 Å². The molecule has 4 rings (SSSR count). The van der Waals surface area contributed by atoms with E-state index < -0.39 is 10.0 Å². The van der Waals surface area contributed by atoms with Gasteiger partial charge in [0.05, 0.1) is 9.77 Å². The van der Waals surface area contributed by atoms with Crippen molar-refractivity contribution in [3.8, 4) is 10.4 Å². The quantitative estimate of drug-likeness (QED) is 0.542. The molecule has 0 saturated carbocycles. The number of sulfonamides is 1. The molecule has 0 aliphatic carbocycles. The summed E-state index contributed by atoms with van der Waals surface area (Å²) in [6, 6.07) is 14.7. The van der Waals surface area contributed by atoms with Gasteiger partial charge in [0.1, 0.15) is 0 Å². The number of piperidine rings is 1. The lowest BCUT2D eigenvalue weighted by atomic mass is 9.98. The average Bonchev–Trinajstić information content (AvgIpc) is 3.22. The van der Waals surface area contributed by atoms with E-state index in [-0.39, 0.29) is 0 Å². The molecule has 1 N–H and O–H groups in total. The second-order valence-corrected chi connectivity index (χ2v) is 10.9. The summed E-state index contributed by atoms with van der Waals surface area (Å²) in [6.45, 7) is 3.97.